The summed E-state index contributed by atoms with van der Waals surface area (Å²) in [7, 11) is 0. The van der Waals surface area contributed by atoms with Crippen molar-refractivity contribution in [2.45, 2.75) is 0 Å². The Morgan fingerprint density at radius 1 is 1.35 bits per heavy atom. The van der Waals surface area contributed by atoms with Crippen molar-refractivity contribution >= 4 is 11.5 Å². The van der Waals surface area contributed by atoms with E-state index in [4.69, 9.17) is 18.4 Å². The molecule has 6 heteroatoms. The van der Waals surface area contributed by atoms with Crippen LogP contribution in [0.2, 0.25) is 0 Å². The van der Waals surface area contributed by atoms with Gasteiger partial charge in [0.2, 0.25) is 5.69 Å². The van der Waals surface area contributed by atoms with Crippen LogP contribution >= 0.6 is 0 Å². The quantitative estimate of drug-likeness (QED) is 0.681. The minimum atomic E-state index is -0.102. The molecule has 0 aliphatic heterocycles. The maximum absolute atomic E-state index is 8.66. The average molecular weight is 260 g/mol. The zero-order valence-electron chi connectivity index (χ0n) is 10.3. The number of nitriles is 1. The van der Waals surface area contributed by atoms with Crippen LogP contribution in [0.1, 0.15) is 0 Å². The van der Waals surface area contributed by atoms with Crippen molar-refractivity contribution in [1.29, 1.82) is 5.26 Å². The van der Waals surface area contributed by atoms with Gasteiger partial charge in [-0.25, -0.2) is 15.0 Å². The lowest BCUT2D eigenvalue weighted by molar-refractivity contribution is 0.884. The van der Waals surface area contributed by atoms with Gasteiger partial charge in [-0.05, 0) is 12.1 Å². The molecule has 1 heterocycles. The molecule has 0 amide bonds. The number of nitrogens with zero attached hydrogens (tertiary/aromatic N) is 5. The Morgan fingerprint density at radius 3 is 2.70 bits per heavy atom. The Morgan fingerprint density at radius 2 is 2.10 bits per heavy atom. The molecule has 0 saturated heterocycles. The molecule has 20 heavy (non-hydrogen) atoms. The lowest BCUT2D eigenvalue weighted by Gasteiger charge is -2.00. The summed E-state index contributed by atoms with van der Waals surface area (Å²) in [6, 6.07) is 11.1. The number of nitrogens with one attached hydrogen (secondary N) is 1. The van der Waals surface area contributed by atoms with Gasteiger partial charge < -0.3 is 5.32 Å². The fourth-order valence-corrected chi connectivity index (χ4v) is 1.49. The molecule has 0 aliphatic rings. The van der Waals surface area contributed by atoms with E-state index in [1.165, 1.54) is 6.20 Å². The predicted octanol–water partition coefficient (Wildman–Crippen LogP) is 3.12. The van der Waals surface area contributed by atoms with Crippen molar-refractivity contribution in [3.8, 4) is 11.8 Å². The Labute approximate surface area is 115 Å². The fraction of sp³-hybridized carbons (Fsp3) is 0. The van der Waals surface area contributed by atoms with Gasteiger partial charge >= 0.3 is 0 Å². The molecule has 94 valence electrons. The standard InChI is InChI=1S/C14H8N6/c1-16-11(8-15)9-18-14-13(17-2)10-20(19-14)12-6-4-3-5-7-12/h3-7,9-10H,(H,18,19)/b11-9+. The number of aromatic nitrogens is 2. The van der Waals surface area contributed by atoms with E-state index in [2.05, 4.69) is 20.1 Å². The van der Waals surface area contributed by atoms with Crippen molar-refractivity contribution in [2.75, 3.05) is 5.32 Å². The van der Waals surface area contributed by atoms with Crippen LogP contribution in [0, 0.1) is 24.5 Å². The van der Waals surface area contributed by atoms with Crippen LogP contribution in [0.5, 0.6) is 0 Å². The van der Waals surface area contributed by atoms with Gasteiger partial charge in [0, 0.05) is 12.4 Å². The first kappa shape index (κ1) is 12.9. The van der Waals surface area contributed by atoms with Gasteiger partial charge in [-0.15, -0.1) is 0 Å². The van der Waals surface area contributed by atoms with Crippen LogP contribution in [0.4, 0.5) is 11.5 Å². The van der Waals surface area contributed by atoms with Crippen LogP contribution in [0.3, 0.4) is 0 Å². The number of allylic oxidation sites excluding steroid dienone is 1. The van der Waals surface area contributed by atoms with Crippen molar-refractivity contribution < 1.29 is 0 Å². The maximum Gasteiger partial charge on any atom is 0.277 e. The molecule has 0 radical (unpaired) electrons. The first-order valence-corrected chi connectivity index (χ1v) is 5.55. The van der Waals surface area contributed by atoms with Crippen molar-refractivity contribution in [2.24, 2.45) is 0 Å². The second kappa shape index (κ2) is 5.86. The van der Waals surface area contributed by atoms with Crippen molar-refractivity contribution in [3.05, 3.63) is 71.3 Å². The highest BCUT2D eigenvalue weighted by Gasteiger charge is 2.09. The molecule has 0 saturated carbocycles. The number of para-hydroxylation sites is 1. The summed E-state index contributed by atoms with van der Waals surface area (Å²) in [6.07, 6.45) is 2.82. The third-order valence-electron chi connectivity index (χ3n) is 2.42. The van der Waals surface area contributed by atoms with E-state index in [0.29, 0.717) is 11.5 Å². The predicted molar refractivity (Wildman–Crippen MR) is 73.7 cm³/mol. The SMILES string of the molecule is [C-]#[N+]/C(C#N)=C/Nc1nn(-c2ccccc2)cc1[N+]#[C-]. The van der Waals surface area contributed by atoms with E-state index in [9.17, 15) is 0 Å². The second-order valence-electron chi connectivity index (χ2n) is 3.65. The largest absolute Gasteiger partial charge is 0.363 e. The van der Waals surface area contributed by atoms with Gasteiger partial charge in [-0.1, -0.05) is 18.2 Å². The number of anilines is 1. The first-order chi connectivity index (χ1) is 9.78. The van der Waals surface area contributed by atoms with E-state index >= 15 is 0 Å². The second-order valence-corrected chi connectivity index (χ2v) is 3.65. The van der Waals surface area contributed by atoms with Gasteiger partial charge in [0.1, 0.15) is 0 Å². The van der Waals surface area contributed by atoms with Crippen LogP contribution in [-0.4, -0.2) is 9.78 Å². The van der Waals surface area contributed by atoms with Crippen molar-refractivity contribution in [3.63, 3.8) is 0 Å². The smallest absolute Gasteiger partial charge is 0.277 e. The van der Waals surface area contributed by atoms with E-state index in [0.717, 1.165) is 5.69 Å². The summed E-state index contributed by atoms with van der Waals surface area (Å²) in [5.74, 6) is 0.306. The van der Waals surface area contributed by atoms with E-state index in [1.54, 1.807) is 16.9 Å². The number of rotatable bonds is 3. The van der Waals surface area contributed by atoms with Gasteiger partial charge in [0.15, 0.2) is 5.82 Å². The molecule has 0 unspecified atom stereocenters. The molecule has 2 rings (SSSR count). The molecule has 0 atom stereocenters. The van der Waals surface area contributed by atoms with Crippen LogP contribution in [0.15, 0.2) is 48.4 Å². The lowest BCUT2D eigenvalue weighted by Crippen LogP contribution is -1.96. The first-order valence-electron chi connectivity index (χ1n) is 5.55. The van der Waals surface area contributed by atoms with Crippen LogP contribution < -0.4 is 5.32 Å². The summed E-state index contributed by atoms with van der Waals surface area (Å²) in [6.45, 7) is 13.9. The lowest BCUT2D eigenvalue weighted by atomic mass is 10.3. The highest BCUT2D eigenvalue weighted by Crippen LogP contribution is 2.25. The summed E-state index contributed by atoms with van der Waals surface area (Å²) >= 11 is 0. The highest BCUT2D eigenvalue weighted by atomic mass is 15.3. The molecule has 2 aromatic rings. The summed E-state index contributed by atoms with van der Waals surface area (Å²) < 4.78 is 1.56. The summed E-state index contributed by atoms with van der Waals surface area (Å²) in [4.78, 5) is 6.38. The Balaban J connectivity index is 2.35. The van der Waals surface area contributed by atoms with Crippen LogP contribution in [-0.2, 0) is 0 Å². The molecule has 1 N–H and O–H groups in total. The van der Waals surface area contributed by atoms with Gasteiger partial charge in [0.05, 0.1) is 24.9 Å². The zero-order chi connectivity index (χ0) is 14.4. The molecule has 0 aliphatic carbocycles. The zero-order valence-corrected chi connectivity index (χ0v) is 10.3. The fourth-order valence-electron chi connectivity index (χ4n) is 1.49. The van der Waals surface area contributed by atoms with Gasteiger partial charge in [-0.2, -0.15) is 5.10 Å². The van der Waals surface area contributed by atoms with Gasteiger partial charge in [0.25, 0.3) is 5.70 Å². The topological polar surface area (TPSA) is 62.4 Å². The molecular weight excluding hydrogens is 252 g/mol. The third kappa shape index (κ3) is 2.64. The molecule has 1 aromatic carbocycles. The number of benzene rings is 1. The average Bonchev–Trinajstić information content (AvgIpc) is 2.92. The molecular formula is C14H8N6. The minimum Gasteiger partial charge on any atom is -0.363 e. The summed E-state index contributed by atoms with van der Waals surface area (Å²) in [5, 5.41) is 15.6. The maximum atomic E-state index is 8.66. The minimum absolute atomic E-state index is 0.102. The van der Waals surface area contributed by atoms with Gasteiger partial charge in [-0.3, -0.25) is 4.68 Å². The van der Waals surface area contributed by atoms with E-state index in [-0.39, 0.29) is 5.70 Å². The third-order valence-corrected chi connectivity index (χ3v) is 2.42. The Kier molecular flexibility index (Phi) is 3.78. The number of hydrogen-bond acceptors (Lipinski definition) is 3. The summed E-state index contributed by atoms with van der Waals surface area (Å²) in [5.41, 5.74) is 1.03. The molecule has 1 aromatic heterocycles. The normalized spacial score (nSPS) is 10.2. The molecule has 0 fully saturated rings. The monoisotopic (exact) mass is 260 g/mol. The van der Waals surface area contributed by atoms with Crippen LogP contribution in [0.25, 0.3) is 15.4 Å². The Bertz CT molecular complexity index is 749. The van der Waals surface area contributed by atoms with Crippen molar-refractivity contribution in [1.82, 2.24) is 9.78 Å². The molecule has 0 spiro atoms. The molecule has 6 nitrogen and oxygen atoms in total. The highest BCUT2D eigenvalue weighted by molar-refractivity contribution is 5.66. The van der Waals surface area contributed by atoms with E-state index < -0.39 is 0 Å². The molecule has 0 bridgehead atoms. The Hall–Kier alpha value is -3.56. The van der Waals surface area contributed by atoms with E-state index in [1.807, 2.05) is 30.3 Å². The number of hydrogen-bond donors (Lipinski definition) is 1.